The zero-order valence-corrected chi connectivity index (χ0v) is 11.5. The Morgan fingerprint density at radius 3 is 2.95 bits per heavy atom. The van der Waals surface area contributed by atoms with Crippen molar-refractivity contribution in [2.24, 2.45) is 0 Å². The van der Waals surface area contributed by atoms with Gasteiger partial charge in [-0.1, -0.05) is 12.1 Å². The molecule has 0 aliphatic carbocycles. The Balaban J connectivity index is 1.83. The van der Waals surface area contributed by atoms with E-state index in [9.17, 15) is 4.79 Å². The number of anilines is 1. The second kappa shape index (κ2) is 5.09. The molecule has 1 aromatic heterocycles. The van der Waals surface area contributed by atoms with Crippen molar-refractivity contribution in [1.29, 1.82) is 0 Å². The molecule has 0 spiro atoms. The van der Waals surface area contributed by atoms with Gasteiger partial charge in [0.15, 0.2) is 0 Å². The van der Waals surface area contributed by atoms with Gasteiger partial charge in [0.2, 0.25) is 5.91 Å². The van der Waals surface area contributed by atoms with Gasteiger partial charge in [0.1, 0.15) is 5.82 Å². The number of nitrogens with two attached hydrogens (primary N) is 1. The molecule has 0 unspecified atom stereocenters. The van der Waals surface area contributed by atoms with Gasteiger partial charge in [0.25, 0.3) is 0 Å². The number of carbonyl (C=O) groups excluding carboxylic acids is 1. The molecular formula is C15H18N4O. The lowest BCUT2D eigenvalue weighted by Gasteiger charge is -2.17. The Bertz CT molecular complexity index is 655. The average molecular weight is 270 g/mol. The van der Waals surface area contributed by atoms with Crippen molar-refractivity contribution in [3.63, 3.8) is 0 Å². The molecule has 3 N–H and O–H groups in total. The number of likely N-dealkylation sites (tertiary alicyclic amines) is 1. The number of aromatic nitrogens is 1. The van der Waals surface area contributed by atoms with Crippen molar-refractivity contribution >= 4 is 22.6 Å². The van der Waals surface area contributed by atoms with Crippen molar-refractivity contribution in [2.75, 3.05) is 19.3 Å². The lowest BCUT2D eigenvalue weighted by atomic mass is 10.1. The number of pyridine rings is 1. The fraction of sp³-hybridized carbons (Fsp3) is 0.333. The van der Waals surface area contributed by atoms with E-state index >= 15 is 0 Å². The molecule has 1 aliphatic rings. The number of fused-ring (bicyclic) bond motifs is 1. The fourth-order valence-electron chi connectivity index (χ4n) is 2.66. The minimum absolute atomic E-state index is 0.0378. The zero-order valence-electron chi connectivity index (χ0n) is 11.5. The molecule has 1 aliphatic heterocycles. The minimum atomic E-state index is -0.0378. The van der Waals surface area contributed by atoms with E-state index in [0.29, 0.717) is 12.4 Å². The van der Waals surface area contributed by atoms with Gasteiger partial charge in [0, 0.05) is 18.5 Å². The van der Waals surface area contributed by atoms with Crippen LogP contribution in [0.15, 0.2) is 30.3 Å². The zero-order chi connectivity index (χ0) is 14.1. The van der Waals surface area contributed by atoms with E-state index in [1.54, 1.807) is 6.07 Å². The van der Waals surface area contributed by atoms with E-state index < -0.39 is 0 Å². The predicted molar refractivity (Wildman–Crippen MR) is 79.0 cm³/mol. The number of hydrogen-bond donors (Lipinski definition) is 2. The first-order valence-corrected chi connectivity index (χ1v) is 6.78. The van der Waals surface area contributed by atoms with Crippen LogP contribution in [0.1, 0.15) is 12.0 Å². The predicted octanol–water partition coefficient (Wildman–Crippen LogP) is 1.14. The Morgan fingerprint density at radius 2 is 2.20 bits per heavy atom. The molecule has 1 aromatic carbocycles. The molecule has 1 amide bonds. The maximum atomic E-state index is 12.1. The van der Waals surface area contributed by atoms with E-state index in [4.69, 9.17) is 5.73 Å². The number of likely N-dealkylation sites (N-methyl/N-ethyl adjacent to an activating group) is 1. The summed E-state index contributed by atoms with van der Waals surface area (Å²) in [5, 5.41) is 4.11. The molecule has 20 heavy (non-hydrogen) atoms. The largest absolute Gasteiger partial charge is 0.384 e. The van der Waals surface area contributed by atoms with E-state index in [0.717, 1.165) is 29.4 Å². The smallest absolute Gasteiger partial charge is 0.240 e. The molecular weight excluding hydrogens is 252 g/mol. The van der Waals surface area contributed by atoms with Crippen LogP contribution in [0.5, 0.6) is 0 Å². The van der Waals surface area contributed by atoms with Crippen LogP contribution in [-0.4, -0.2) is 35.4 Å². The molecule has 1 atom stereocenters. The van der Waals surface area contributed by atoms with Gasteiger partial charge < -0.3 is 16.0 Å². The van der Waals surface area contributed by atoms with Gasteiger partial charge in [-0.25, -0.2) is 4.98 Å². The van der Waals surface area contributed by atoms with Crippen LogP contribution in [0.25, 0.3) is 10.9 Å². The van der Waals surface area contributed by atoms with Crippen LogP contribution in [0.4, 0.5) is 5.82 Å². The Labute approximate surface area is 117 Å². The van der Waals surface area contributed by atoms with Gasteiger partial charge in [-0.05, 0) is 37.2 Å². The molecule has 0 bridgehead atoms. The molecule has 2 heterocycles. The first-order chi connectivity index (χ1) is 9.67. The monoisotopic (exact) mass is 270 g/mol. The fourth-order valence-corrected chi connectivity index (χ4v) is 2.66. The summed E-state index contributed by atoms with van der Waals surface area (Å²) >= 11 is 0. The molecule has 2 aromatic rings. The average Bonchev–Trinajstić information content (AvgIpc) is 2.79. The summed E-state index contributed by atoms with van der Waals surface area (Å²) in [6, 6.07) is 9.78. The normalized spacial score (nSPS) is 18.9. The van der Waals surface area contributed by atoms with Crippen LogP contribution in [0, 0.1) is 0 Å². The van der Waals surface area contributed by atoms with E-state index in [-0.39, 0.29) is 11.9 Å². The third kappa shape index (κ3) is 2.32. The summed E-state index contributed by atoms with van der Waals surface area (Å²) in [4.78, 5) is 18.3. The van der Waals surface area contributed by atoms with E-state index in [2.05, 4.69) is 10.3 Å². The quantitative estimate of drug-likeness (QED) is 0.877. The number of benzene rings is 1. The maximum absolute atomic E-state index is 12.1. The van der Waals surface area contributed by atoms with Crippen molar-refractivity contribution in [3.05, 3.63) is 35.9 Å². The topological polar surface area (TPSA) is 71.2 Å². The number of hydrogen-bond acceptors (Lipinski definition) is 4. The first kappa shape index (κ1) is 12.9. The number of rotatable bonds is 3. The highest BCUT2D eigenvalue weighted by Crippen LogP contribution is 2.19. The molecule has 5 nitrogen and oxygen atoms in total. The number of carbonyl (C=O) groups is 1. The van der Waals surface area contributed by atoms with E-state index in [1.165, 1.54) is 0 Å². The maximum Gasteiger partial charge on any atom is 0.240 e. The lowest BCUT2D eigenvalue weighted by Crippen LogP contribution is -2.35. The second-order valence-corrected chi connectivity index (χ2v) is 5.15. The second-order valence-electron chi connectivity index (χ2n) is 5.15. The standard InChI is InChI=1S/C15H18N4O/c1-17-12-6-7-19(15(12)20)9-10-2-3-11-4-5-14(16)18-13(11)8-10/h2-5,8,12,17H,6-7,9H2,1H3,(H2,16,18)/t12-/m0/s1. The van der Waals surface area contributed by atoms with Crippen LogP contribution < -0.4 is 11.1 Å². The van der Waals surface area contributed by atoms with Crippen LogP contribution in [0.3, 0.4) is 0 Å². The van der Waals surface area contributed by atoms with Crippen LogP contribution in [0.2, 0.25) is 0 Å². The molecule has 3 rings (SSSR count). The summed E-state index contributed by atoms with van der Waals surface area (Å²) < 4.78 is 0. The van der Waals surface area contributed by atoms with Crippen LogP contribution >= 0.6 is 0 Å². The van der Waals surface area contributed by atoms with Crippen LogP contribution in [-0.2, 0) is 11.3 Å². The van der Waals surface area contributed by atoms with Gasteiger partial charge in [-0.2, -0.15) is 0 Å². The lowest BCUT2D eigenvalue weighted by molar-refractivity contribution is -0.129. The van der Waals surface area contributed by atoms with Crippen molar-refractivity contribution < 1.29 is 4.79 Å². The third-order valence-corrected chi connectivity index (χ3v) is 3.80. The molecule has 0 radical (unpaired) electrons. The van der Waals surface area contributed by atoms with E-state index in [1.807, 2.05) is 36.2 Å². The molecule has 0 saturated carbocycles. The summed E-state index contributed by atoms with van der Waals surface area (Å²) in [5.41, 5.74) is 7.67. The first-order valence-electron chi connectivity index (χ1n) is 6.78. The minimum Gasteiger partial charge on any atom is -0.384 e. The SMILES string of the molecule is CN[C@H]1CCN(Cc2ccc3ccc(N)nc3c2)C1=O. The number of nitrogens with one attached hydrogen (secondary N) is 1. The molecule has 1 saturated heterocycles. The van der Waals surface area contributed by atoms with Gasteiger partial charge in [-0.15, -0.1) is 0 Å². The summed E-state index contributed by atoms with van der Waals surface area (Å²) in [6.45, 7) is 1.43. The van der Waals surface area contributed by atoms with Crippen molar-refractivity contribution in [3.8, 4) is 0 Å². The highest BCUT2D eigenvalue weighted by molar-refractivity contribution is 5.84. The highest BCUT2D eigenvalue weighted by Gasteiger charge is 2.29. The van der Waals surface area contributed by atoms with Gasteiger partial charge in [0.05, 0.1) is 11.6 Å². The van der Waals surface area contributed by atoms with Crippen molar-refractivity contribution in [1.82, 2.24) is 15.2 Å². The van der Waals surface area contributed by atoms with Gasteiger partial charge >= 0.3 is 0 Å². The third-order valence-electron chi connectivity index (χ3n) is 3.80. The summed E-state index contributed by atoms with van der Waals surface area (Å²) in [6.07, 6.45) is 0.869. The molecule has 5 heteroatoms. The summed E-state index contributed by atoms with van der Waals surface area (Å²) in [7, 11) is 1.83. The summed E-state index contributed by atoms with van der Waals surface area (Å²) in [5.74, 6) is 0.690. The van der Waals surface area contributed by atoms with Crippen molar-refractivity contribution in [2.45, 2.75) is 19.0 Å². The molecule has 1 fully saturated rings. The number of amides is 1. The van der Waals surface area contributed by atoms with Gasteiger partial charge in [-0.3, -0.25) is 4.79 Å². The Hall–Kier alpha value is -2.14. The Morgan fingerprint density at radius 1 is 1.40 bits per heavy atom. The molecule has 104 valence electrons. The highest BCUT2D eigenvalue weighted by atomic mass is 16.2. The number of nitrogen functional groups attached to an aromatic ring is 1. The number of nitrogens with zero attached hydrogens (tertiary/aromatic N) is 2. The Kier molecular flexibility index (Phi) is 3.28.